The quantitative estimate of drug-likeness (QED) is 0.743. The molecule has 0 saturated carbocycles. The van der Waals surface area contributed by atoms with Gasteiger partial charge in [0.25, 0.3) is 0 Å². The van der Waals surface area contributed by atoms with Gasteiger partial charge in [0, 0.05) is 12.5 Å². The van der Waals surface area contributed by atoms with Crippen LogP contribution in [0.15, 0.2) is 5.38 Å². The van der Waals surface area contributed by atoms with Crippen molar-refractivity contribution < 1.29 is 14.4 Å². The van der Waals surface area contributed by atoms with E-state index < -0.39 is 12.1 Å². The first kappa shape index (κ1) is 11.4. The summed E-state index contributed by atoms with van der Waals surface area (Å²) in [6, 6.07) is 0. The second kappa shape index (κ2) is 4.68. The van der Waals surface area contributed by atoms with Crippen molar-refractivity contribution in [1.29, 1.82) is 0 Å². The average Bonchev–Trinajstić information content (AvgIpc) is 2.48. The Balaban J connectivity index is 2.79. The molecule has 1 atom stereocenters. The van der Waals surface area contributed by atoms with Crippen LogP contribution in [-0.2, 0) is 9.53 Å². The fourth-order valence-electron chi connectivity index (χ4n) is 0.745. The minimum absolute atomic E-state index is 0.454. The van der Waals surface area contributed by atoms with Gasteiger partial charge in [0.05, 0.1) is 5.69 Å². The van der Waals surface area contributed by atoms with Crippen LogP contribution in [0.2, 0.25) is 0 Å². The number of ether oxygens (including phenoxy) is 1. The van der Waals surface area contributed by atoms with Crippen LogP contribution in [0.1, 0.15) is 12.6 Å². The number of aryl methyl sites for hydroxylation is 1. The summed E-state index contributed by atoms with van der Waals surface area (Å²) in [5.41, 5.74) is 0.802. The Morgan fingerprint density at radius 3 is 2.79 bits per heavy atom. The van der Waals surface area contributed by atoms with Crippen LogP contribution in [0.25, 0.3) is 0 Å². The number of carbonyl (C=O) groups excluding carboxylic acids is 1. The highest BCUT2D eigenvalue weighted by atomic mass is 32.1. The number of aromatic nitrogens is 1. The molecule has 0 aliphatic carbocycles. The lowest BCUT2D eigenvalue weighted by atomic mass is 10.4. The molecule has 1 aromatic rings. The average molecular weight is 233 g/mol. The van der Waals surface area contributed by atoms with Gasteiger partial charge in [0.15, 0.2) is 10.1 Å². The smallest absolute Gasteiger partial charge is 0.361 e. The van der Waals surface area contributed by atoms with Crippen LogP contribution in [0.4, 0.5) is 0 Å². The molecule has 0 amide bonds. The zero-order chi connectivity index (χ0) is 10.7. The van der Waals surface area contributed by atoms with Gasteiger partial charge in [0.1, 0.15) is 0 Å². The van der Waals surface area contributed by atoms with Crippen LogP contribution in [0.5, 0.6) is 0 Å². The minimum Gasteiger partial charge on any atom is -0.370 e. The molecule has 0 unspecified atom stereocenters. The Morgan fingerprint density at radius 2 is 2.36 bits per heavy atom. The molecule has 0 aliphatic heterocycles. The lowest BCUT2D eigenvalue weighted by Gasteiger charge is -2.09. The summed E-state index contributed by atoms with van der Waals surface area (Å²) in [5, 5.41) is 1.83. The van der Waals surface area contributed by atoms with E-state index in [1.807, 2.05) is 12.3 Å². The van der Waals surface area contributed by atoms with E-state index in [0.29, 0.717) is 3.95 Å². The number of rotatable bonds is 3. The molecule has 0 fully saturated rings. The number of nitrogens with zero attached hydrogens (tertiary/aromatic N) is 1. The van der Waals surface area contributed by atoms with Crippen molar-refractivity contribution in [3.05, 3.63) is 15.0 Å². The Bertz CT molecular complexity index is 382. The van der Waals surface area contributed by atoms with Crippen molar-refractivity contribution >= 4 is 29.5 Å². The molecule has 1 aromatic heterocycles. The fraction of sp³-hybridized carbons (Fsp3) is 0.500. The normalized spacial score (nSPS) is 12.5. The Hall–Kier alpha value is -0.720. The lowest BCUT2D eigenvalue weighted by molar-refractivity contribution is -0.155. The van der Waals surface area contributed by atoms with Crippen molar-refractivity contribution in [2.45, 2.75) is 20.0 Å². The first-order valence-electron chi connectivity index (χ1n) is 3.98. The highest BCUT2D eigenvalue weighted by Crippen LogP contribution is 2.08. The Morgan fingerprint density at radius 1 is 1.71 bits per heavy atom. The molecule has 6 heteroatoms. The third-order valence-corrected chi connectivity index (χ3v) is 2.96. The molecule has 0 N–H and O–H groups in total. The van der Waals surface area contributed by atoms with Crippen LogP contribution in [0, 0.1) is 10.9 Å². The van der Waals surface area contributed by atoms with Gasteiger partial charge in [-0.1, -0.05) is 0 Å². The van der Waals surface area contributed by atoms with Gasteiger partial charge in [-0.25, -0.2) is 4.79 Å². The van der Waals surface area contributed by atoms with Gasteiger partial charge in [0.2, 0.25) is 0 Å². The van der Waals surface area contributed by atoms with Gasteiger partial charge < -0.3 is 9.57 Å². The second-order valence-electron chi connectivity index (χ2n) is 2.73. The van der Waals surface area contributed by atoms with Crippen LogP contribution in [0.3, 0.4) is 0 Å². The molecule has 14 heavy (non-hydrogen) atoms. The molecular formula is C8H11NO3S2. The molecular weight excluding hydrogens is 222 g/mol. The predicted molar refractivity (Wildman–Crippen MR) is 55.9 cm³/mol. The third-order valence-electron chi connectivity index (χ3n) is 1.68. The summed E-state index contributed by atoms with van der Waals surface area (Å²) in [4.78, 5) is 16.4. The van der Waals surface area contributed by atoms with Gasteiger partial charge in [-0.15, -0.1) is 11.3 Å². The van der Waals surface area contributed by atoms with Gasteiger partial charge in [-0.2, -0.15) is 4.73 Å². The number of hydrogen-bond donors (Lipinski definition) is 0. The van der Waals surface area contributed by atoms with Crippen molar-refractivity contribution in [3.8, 4) is 0 Å². The number of thiazole rings is 1. The van der Waals surface area contributed by atoms with Crippen LogP contribution >= 0.6 is 23.6 Å². The summed E-state index contributed by atoms with van der Waals surface area (Å²) in [7, 11) is 1.45. The molecule has 0 spiro atoms. The van der Waals surface area contributed by atoms with Crippen molar-refractivity contribution in [3.63, 3.8) is 0 Å². The highest BCUT2D eigenvalue weighted by Gasteiger charge is 2.15. The topological polar surface area (TPSA) is 40.5 Å². The summed E-state index contributed by atoms with van der Waals surface area (Å²) in [5.74, 6) is -0.454. The standard InChI is InChI=1S/C8H11NO3S2/c1-5-4-14-8(13)9(5)12-7(10)6(2)11-3/h4,6H,1-3H3/t6-/m1/s1. The molecule has 1 rings (SSSR count). The summed E-state index contributed by atoms with van der Waals surface area (Å²) in [6.45, 7) is 3.44. The SMILES string of the molecule is CO[C@H](C)C(=O)On1c(C)csc1=S. The van der Waals surface area contributed by atoms with E-state index >= 15 is 0 Å². The van der Waals surface area contributed by atoms with Gasteiger partial charge in [-0.3, -0.25) is 0 Å². The summed E-state index contributed by atoms with van der Waals surface area (Å²) >= 11 is 6.33. The third kappa shape index (κ3) is 2.40. The van der Waals surface area contributed by atoms with Gasteiger partial charge >= 0.3 is 5.97 Å². The molecule has 0 bridgehead atoms. The Kier molecular flexibility index (Phi) is 3.79. The molecule has 0 aromatic carbocycles. The van der Waals surface area contributed by atoms with Crippen LogP contribution < -0.4 is 4.84 Å². The summed E-state index contributed by atoms with van der Waals surface area (Å²) < 4.78 is 6.67. The first-order chi connectivity index (χ1) is 6.56. The minimum atomic E-state index is -0.587. The molecule has 0 radical (unpaired) electrons. The maximum atomic E-state index is 11.3. The highest BCUT2D eigenvalue weighted by molar-refractivity contribution is 7.73. The van der Waals surface area contributed by atoms with Crippen LogP contribution in [-0.4, -0.2) is 23.9 Å². The van der Waals surface area contributed by atoms with Crippen molar-refractivity contribution in [1.82, 2.24) is 4.73 Å². The predicted octanol–water partition coefficient (Wildman–Crippen LogP) is 1.58. The monoisotopic (exact) mass is 233 g/mol. The summed E-state index contributed by atoms with van der Waals surface area (Å²) in [6.07, 6.45) is -0.587. The van der Waals surface area contributed by atoms with Crippen molar-refractivity contribution in [2.24, 2.45) is 0 Å². The van der Waals surface area contributed by atoms with Gasteiger partial charge in [-0.05, 0) is 26.1 Å². The maximum absolute atomic E-state index is 11.3. The Labute approximate surface area is 91.0 Å². The zero-order valence-corrected chi connectivity index (χ0v) is 9.78. The van der Waals surface area contributed by atoms with E-state index in [1.165, 1.54) is 23.2 Å². The number of hydrogen-bond acceptors (Lipinski definition) is 5. The number of carbonyl (C=O) groups is 1. The molecule has 0 aliphatic rings. The van der Waals surface area contributed by atoms with E-state index in [-0.39, 0.29) is 0 Å². The second-order valence-corrected chi connectivity index (χ2v) is 4.23. The maximum Gasteiger partial charge on any atom is 0.361 e. The van der Waals surface area contributed by atoms with E-state index in [9.17, 15) is 4.79 Å². The zero-order valence-electron chi connectivity index (χ0n) is 8.14. The fourth-order valence-corrected chi connectivity index (χ4v) is 1.71. The largest absolute Gasteiger partial charge is 0.370 e. The van der Waals surface area contributed by atoms with E-state index in [4.69, 9.17) is 21.8 Å². The van der Waals surface area contributed by atoms with E-state index in [2.05, 4.69) is 0 Å². The molecule has 4 nitrogen and oxygen atoms in total. The molecule has 1 heterocycles. The number of methoxy groups -OCH3 is 1. The lowest BCUT2D eigenvalue weighted by Crippen LogP contribution is -2.30. The molecule has 0 saturated heterocycles. The van der Waals surface area contributed by atoms with E-state index in [1.54, 1.807) is 6.92 Å². The van der Waals surface area contributed by atoms with E-state index in [0.717, 1.165) is 5.69 Å². The van der Waals surface area contributed by atoms with Crippen molar-refractivity contribution in [2.75, 3.05) is 7.11 Å². The molecule has 78 valence electrons. The first-order valence-corrected chi connectivity index (χ1v) is 5.27.